The van der Waals surface area contributed by atoms with Crippen LogP contribution in [0.3, 0.4) is 0 Å². The van der Waals surface area contributed by atoms with Crippen LogP contribution in [0.5, 0.6) is 11.5 Å². The molecule has 0 aromatic heterocycles. The van der Waals surface area contributed by atoms with Gasteiger partial charge >= 0.3 is 5.97 Å². The summed E-state index contributed by atoms with van der Waals surface area (Å²) in [7, 11) is 1.44. The average molecular weight is 321 g/mol. The van der Waals surface area contributed by atoms with E-state index in [0.29, 0.717) is 29.0 Å². The second-order valence-corrected chi connectivity index (χ2v) is 5.40. The Balaban J connectivity index is 2.48. The molecule has 0 radical (unpaired) electrons. The van der Waals surface area contributed by atoms with Crippen molar-refractivity contribution in [3.8, 4) is 11.5 Å². The number of fused-ring (bicyclic) bond motifs is 1. The van der Waals surface area contributed by atoms with E-state index in [1.165, 1.54) is 24.1 Å². The molecule has 23 heavy (non-hydrogen) atoms. The van der Waals surface area contributed by atoms with E-state index < -0.39 is 17.9 Å². The van der Waals surface area contributed by atoms with Gasteiger partial charge in [0.2, 0.25) is 0 Å². The van der Waals surface area contributed by atoms with E-state index in [0.717, 1.165) is 0 Å². The van der Waals surface area contributed by atoms with Crippen LogP contribution in [0, 0.1) is 0 Å². The second kappa shape index (κ2) is 6.68. The van der Waals surface area contributed by atoms with Gasteiger partial charge in [-0.25, -0.2) is 4.79 Å². The van der Waals surface area contributed by atoms with Crippen molar-refractivity contribution < 1.29 is 28.6 Å². The third-order valence-corrected chi connectivity index (χ3v) is 3.36. The zero-order chi connectivity index (χ0) is 17.1. The van der Waals surface area contributed by atoms with E-state index >= 15 is 0 Å². The molecule has 1 atom stereocenters. The first-order chi connectivity index (χ1) is 10.9. The van der Waals surface area contributed by atoms with Crippen molar-refractivity contribution in [1.82, 2.24) is 0 Å². The molecule has 1 aromatic rings. The van der Waals surface area contributed by atoms with Crippen LogP contribution in [0.25, 0.3) is 0 Å². The Kier molecular flexibility index (Phi) is 4.88. The van der Waals surface area contributed by atoms with Gasteiger partial charge in [0, 0.05) is 5.56 Å². The number of carbonyl (C=O) groups excluding carboxylic acids is 3. The summed E-state index contributed by atoms with van der Waals surface area (Å²) in [5.74, 6) is -0.277. The molecule has 0 aliphatic carbocycles. The molecule has 1 aromatic carbocycles. The van der Waals surface area contributed by atoms with Crippen molar-refractivity contribution in [2.45, 2.75) is 32.9 Å². The first-order valence-electron chi connectivity index (χ1n) is 7.21. The Morgan fingerprint density at radius 3 is 2.61 bits per heavy atom. The molecular formula is C16H19NO6. The van der Waals surface area contributed by atoms with Crippen molar-refractivity contribution in [3.63, 3.8) is 0 Å². The molecule has 1 amide bonds. The number of esters is 1. The van der Waals surface area contributed by atoms with Crippen molar-refractivity contribution in [2.75, 3.05) is 18.6 Å². The Labute approximate surface area is 134 Å². The number of rotatable bonds is 5. The van der Waals surface area contributed by atoms with Crippen molar-refractivity contribution in [2.24, 2.45) is 0 Å². The number of methoxy groups -OCH3 is 1. The molecule has 0 spiro atoms. The summed E-state index contributed by atoms with van der Waals surface area (Å²) < 4.78 is 15.8. The molecule has 124 valence electrons. The minimum atomic E-state index is -0.848. The first kappa shape index (κ1) is 16.8. The first-order valence-corrected chi connectivity index (χ1v) is 7.21. The lowest BCUT2D eigenvalue weighted by Gasteiger charge is -2.33. The van der Waals surface area contributed by atoms with Gasteiger partial charge in [0.1, 0.15) is 12.3 Å². The lowest BCUT2D eigenvalue weighted by Crippen LogP contribution is -2.49. The number of carbonyl (C=O) groups is 3. The quantitative estimate of drug-likeness (QED) is 0.605. The number of amides is 1. The lowest BCUT2D eigenvalue weighted by molar-refractivity contribution is -0.149. The second-order valence-electron chi connectivity index (χ2n) is 5.40. The molecule has 7 nitrogen and oxygen atoms in total. The van der Waals surface area contributed by atoms with Gasteiger partial charge in [0.05, 0.1) is 18.9 Å². The van der Waals surface area contributed by atoms with Crippen LogP contribution < -0.4 is 14.4 Å². The van der Waals surface area contributed by atoms with Gasteiger partial charge in [0.15, 0.2) is 18.1 Å². The van der Waals surface area contributed by atoms with Crippen LogP contribution in [0.15, 0.2) is 12.1 Å². The summed E-state index contributed by atoms with van der Waals surface area (Å²) >= 11 is 0. The Hall–Kier alpha value is -2.57. The molecular weight excluding hydrogens is 302 g/mol. The van der Waals surface area contributed by atoms with Gasteiger partial charge in [-0.2, -0.15) is 0 Å². The Morgan fingerprint density at radius 2 is 2.04 bits per heavy atom. The average Bonchev–Trinajstić information content (AvgIpc) is 2.52. The zero-order valence-corrected chi connectivity index (χ0v) is 13.5. The summed E-state index contributed by atoms with van der Waals surface area (Å²) in [6, 6.07) is 2.15. The molecule has 0 saturated carbocycles. The topological polar surface area (TPSA) is 82.1 Å². The van der Waals surface area contributed by atoms with Crippen molar-refractivity contribution >= 4 is 23.9 Å². The lowest BCUT2D eigenvalue weighted by atomic mass is 10.1. The van der Waals surface area contributed by atoms with Crippen LogP contribution >= 0.6 is 0 Å². The molecule has 7 heteroatoms. The number of ether oxygens (including phenoxy) is 3. The Morgan fingerprint density at radius 1 is 1.35 bits per heavy atom. The predicted molar refractivity (Wildman–Crippen MR) is 82.1 cm³/mol. The number of aldehydes is 1. The van der Waals surface area contributed by atoms with Gasteiger partial charge < -0.3 is 14.2 Å². The molecule has 0 N–H and O–H groups in total. The molecule has 0 saturated heterocycles. The largest absolute Gasteiger partial charge is 0.493 e. The molecule has 0 fully saturated rings. The third kappa shape index (κ3) is 3.28. The maximum Gasteiger partial charge on any atom is 0.329 e. The van der Waals surface area contributed by atoms with Gasteiger partial charge in [-0.05, 0) is 32.9 Å². The minimum absolute atomic E-state index is 0.219. The number of nitrogens with zero attached hydrogens (tertiary/aromatic N) is 1. The summed E-state index contributed by atoms with van der Waals surface area (Å²) in [5.41, 5.74) is 0.629. The van der Waals surface area contributed by atoms with E-state index in [4.69, 9.17) is 14.2 Å². The van der Waals surface area contributed by atoms with Gasteiger partial charge in [0.25, 0.3) is 5.91 Å². The summed E-state index contributed by atoms with van der Waals surface area (Å²) in [5, 5.41) is 0. The normalized spacial score (nSPS) is 14.8. The fraction of sp³-hybridized carbons (Fsp3) is 0.438. The van der Waals surface area contributed by atoms with E-state index in [1.54, 1.807) is 20.8 Å². The highest BCUT2D eigenvalue weighted by atomic mass is 16.5. The molecule has 1 aliphatic heterocycles. The number of benzene rings is 1. The highest BCUT2D eigenvalue weighted by Crippen LogP contribution is 2.42. The number of anilines is 1. The fourth-order valence-corrected chi connectivity index (χ4v) is 2.35. The SMILES string of the molecule is COc1cc(C=O)cc2c1OCC(=O)N2C(C)C(=O)OC(C)C. The van der Waals surface area contributed by atoms with Crippen LogP contribution in [-0.2, 0) is 14.3 Å². The molecule has 1 heterocycles. The maximum absolute atomic E-state index is 12.3. The number of hydrogen-bond donors (Lipinski definition) is 0. The molecule has 1 unspecified atom stereocenters. The highest BCUT2D eigenvalue weighted by Gasteiger charge is 2.36. The monoisotopic (exact) mass is 321 g/mol. The fourth-order valence-electron chi connectivity index (χ4n) is 2.35. The third-order valence-electron chi connectivity index (χ3n) is 3.36. The van der Waals surface area contributed by atoms with Crippen molar-refractivity contribution in [3.05, 3.63) is 17.7 Å². The van der Waals surface area contributed by atoms with Crippen LogP contribution in [-0.4, -0.2) is 44.0 Å². The van der Waals surface area contributed by atoms with Gasteiger partial charge in [-0.3, -0.25) is 14.5 Å². The van der Waals surface area contributed by atoms with Crippen molar-refractivity contribution in [1.29, 1.82) is 0 Å². The van der Waals surface area contributed by atoms with Gasteiger partial charge in [-0.1, -0.05) is 0 Å². The smallest absolute Gasteiger partial charge is 0.329 e. The van der Waals surface area contributed by atoms with Crippen LogP contribution in [0.2, 0.25) is 0 Å². The Bertz CT molecular complexity index is 640. The molecule has 1 aliphatic rings. The van der Waals surface area contributed by atoms with Crippen LogP contribution in [0.1, 0.15) is 31.1 Å². The minimum Gasteiger partial charge on any atom is -0.493 e. The predicted octanol–water partition coefficient (Wildman–Crippen LogP) is 1.57. The summed E-state index contributed by atoms with van der Waals surface area (Å²) in [6.07, 6.45) is 0.341. The summed E-state index contributed by atoms with van der Waals surface area (Å²) in [6.45, 7) is 4.81. The summed E-state index contributed by atoms with van der Waals surface area (Å²) in [4.78, 5) is 36.8. The van der Waals surface area contributed by atoms with E-state index in [9.17, 15) is 14.4 Å². The van der Waals surface area contributed by atoms with Crippen LogP contribution in [0.4, 0.5) is 5.69 Å². The zero-order valence-electron chi connectivity index (χ0n) is 13.5. The molecule has 2 rings (SSSR count). The van der Waals surface area contributed by atoms with E-state index in [2.05, 4.69) is 0 Å². The van der Waals surface area contributed by atoms with E-state index in [-0.39, 0.29) is 12.7 Å². The standard InChI is InChI=1S/C16H19NO6/c1-9(2)23-16(20)10(3)17-12-5-11(7-18)6-13(21-4)15(12)22-8-14(17)19/h5-7,9-10H,8H2,1-4H3. The van der Waals surface area contributed by atoms with Gasteiger partial charge in [-0.15, -0.1) is 0 Å². The molecule has 0 bridgehead atoms. The highest BCUT2D eigenvalue weighted by molar-refractivity contribution is 6.04. The maximum atomic E-state index is 12.3. The van der Waals surface area contributed by atoms with E-state index in [1.807, 2.05) is 0 Å². The number of hydrogen-bond acceptors (Lipinski definition) is 6.